The number of halogens is 2. The van der Waals surface area contributed by atoms with Crippen LogP contribution in [0.2, 0.25) is 0 Å². The van der Waals surface area contributed by atoms with Gasteiger partial charge in [0.2, 0.25) is 0 Å². The minimum Gasteiger partial charge on any atom is -0.378 e. The van der Waals surface area contributed by atoms with Crippen molar-refractivity contribution in [3.05, 3.63) is 112 Å². The van der Waals surface area contributed by atoms with Crippen molar-refractivity contribution in [3.8, 4) is 12.1 Å². The normalized spacial score (nSPS) is 14.8. The number of rotatable bonds is 10. The van der Waals surface area contributed by atoms with Gasteiger partial charge in [0.15, 0.2) is 0 Å². The number of hydrogen-bond donors (Lipinski definition) is 2. The summed E-state index contributed by atoms with van der Waals surface area (Å²) in [6.45, 7) is 0. The first-order valence-electron chi connectivity index (χ1n) is 14.1. The highest BCUT2D eigenvalue weighted by Crippen LogP contribution is 2.39. The van der Waals surface area contributed by atoms with Gasteiger partial charge in [0, 0.05) is 28.2 Å². The first-order chi connectivity index (χ1) is 20.9. The Morgan fingerprint density at radius 3 is 2.58 bits per heavy atom. The molecule has 6 rings (SSSR count). The van der Waals surface area contributed by atoms with E-state index in [0.717, 1.165) is 39.5 Å². The van der Waals surface area contributed by atoms with Gasteiger partial charge in [-0.2, -0.15) is 10.5 Å². The Morgan fingerprint density at radius 1 is 1.12 bits per heavy atom. The fourth-order valence-electron chi connectivity index (χ4n) is 5.34. The standard InChI is InChI=1S/C32H27BBrFN8/c33-32(22-8-10-23(35)11-9-22,29-19-43(42-41-29)25-12-13-25)40-24-15-26-30(21(17-37)18-38-31(26)27(34)16-24)39-28(7-4-14-36)20-5-2-1-3-6-20/h1-3,5-6,8-11,15-16,18-19,25,28,40H,4,7,12-13,33H2,(H,38,39)/t28-,32?/m1/s1. The lowest BCUT2D eigenvalue weighted by atomic mass is 9.69. The molecule has 2 atom stereocenters. The van der Waals surface area contributed by atoms with Gasteiger partial charge in [0.05, 0.1) is 46.6 Å². The van der Waals surface area contributed by atoms with Crippen LogP contribution in [0.25, 0.3) is 10.9 Å². The molecule has 0 saturated heterocycles. The van der Waals surface area contributed by atoms with Crippen molar-refractivity contribution in [2.24, 2.45) is 0 Å². The van der Waals surface area contributed by atoms with E-state index in [9.17, 15) is 14.9 Å². The molecular weight excluding hydrogens is 606 g/mol. The monoisotopic (exact) mass is 632 g/mol. The van der Waals surface area contributed by atoms with Crippen LogP contribution in [-0.4, -0.2) is 27.8 Å². The second kappa shape index (κ2) is 11.9. The summed E-state index contributed by atoms with van der Waals surface area (Å²) >= 11 is 3.70. The number of hydrogen-bond acceptors (Lipinski definition) is 7. The quantitative estimate of drug-likeness (QED) is 0.173. The molecule has 2 heterocycles. The van der Waals surface area contributed by atoms with E-state index in [4.69, 9.17) is 0 Å². The molecule has 1 saturated carbocycles. The Balaban J connectivity index is 1.45. The van der Waals surface area contributed by atoms with E-state index in [1.807, 2.05) is 61.2 Å². The number of fused-ring (bicyclic) bond motifs is 1. The van der Waals surface area contributed by atoms with E-state index in [1.165, 1.54) is 12.1 Å². The molecule has 0 amide bonds. The minimum atomic E-state index is -0.860. The summed E-state index contributed by atoms with van der Waals surface area (Å²) in [6.07, 6.45) is 6.58. The summed E-state index contributed by atoms with van der Waals surface area (Å²) in [4.78, 5) is 4.59. The number of aromatic nitrogens is 4. The van der Waals surface area contributed by atoms with Crippen LogP contribution in [-0.2, 0) is 5.44 Å². The van der Waals surface area contributed by atoms with Gasteiger partial charge in [-0.1, -0.05) is 47.7 Å². The molecule has 212 valence electrons. The maximum Gasteiger partial charge on any atom is 0.148 e. The highest BCUT2D eigenvalue weighted by Gasteiger charge is 2.34. The van der Waals surface area contributed by atoms with E-state index in [1.54, 1.807) is 18.3 Å². The lowest BCUT2D eigenvalue weighted by Gasteiger charge is -2.31. The Kier molecular flexibility index (Phi) is 7.83. The van der Waals surface area contributed by atoms with Crippen LogP contribution in [0.1, 0.15) is 60.2 Å². The first kappa shape index (κ1) is 28.4. The van der Waals surface area contributed by atoms with Crippen LogP contribution >= 0.6 is 15.9 Å². The third-order valence-electron chi connectivity index (χ3n) is 7.87. The molecular formula is C32H27BBrFN8. The van der Waals surface area contributed by atoms with Gasteiger partial charge in [-0.3, -0.25) is 4.98 Å². The number of anilines is 2. The van der Waals surface area contributed by atoms with E-state index >= 15 is 0 Å². The summed E-state index contributed by atoms with van der Waals surface area (Å²) in [5.74, 6) is -0.323. The maximum absolute atomic E-state index is 14.0. The Morgan fingerprint density at radius 2 is 1.88 bits per heavy atom. The topological polar surface area (TPSA) is 115 Å². The van der Waals surface area contributed by atoms with E-state index in [2.05, 4.69) is 54.0 Å². The summed E-state index contributed by atoms with van der Waals surface area (Å²) in [7, 11) is 2.00. The molecule has 0 radical (unpaired) electrons. The highest BCUT2D eigenvalue weighted by atomic mass is 79.9. The summed E-state index contributed by atoms with van der Waals surface area (Å²) in [6, 6.07) is 24.8. The Hall–Kier alpha value is -4.74. The summed E-state index contributed by atoms with van der Waals surface area (Å²) in [5.41, 5.74) is 4.11. The highest BCUT2D eigenvalue weighted by molar-refractivity contribution is 9.10. The van der Waals surface area contributed by atoms with Crippen molar-refractivity contribution in [1.82, 2.24) is 20.0 Å². The van der Waals surface area contributed by atoms with Crippen LogP contribution in [0.4, 0.5) is 15.8 Å². The van der Waals surface area contributed by atoms with E-state index < -0.39 is 5.44 Å². The van der Waals surface area contributed by atoms with Crippen LogP contribution in [0.15, 0.2) is 83.6 Å². The second-order valence-electron chi connectivity index (χ2n) is 10.9. The maximum atomic E-state index is 14.0. The SMILES string of the molecule is BC(Nc1cc(Br)c2ncc(C#N)c(N[C@H](CCC#N)c3ccccc3)c2c1)(c1ccc(F)cc1)c1cn(C2CC2)nn1. The van der Waals surface area contributed by atoms with Gasteiger partial charge in [-0.15, -0.1) is 5.10 Å². The molecule has 0 bridgehead atoms. The number of nitrogens with one attached hydrogen (secondary N) is 2. The largest absolute Gasteiger partial charge is 0.378 e. The third kappa shape index (κ3) is 5.82. The molecule has 1 aliphatic rings. The average molecular weight is 633 g/mol. The summed E-state index contributed by atoms with van der Waals surface area (Å²) < 4.78 is 16.6. The molecule has 8 nitrogen and oxygen atoms in total. The van der Waals surface area contributed by atoms with E-state index in [-0.39, 0.29) is 11.9 Å². The molecule has 43 heavy (non-hydrogen) atoms. The number of benzene rings is 3. The molecule has 0 spiro atoms. The van der Waals surface area contributed by atoms with Gasteiger partial charge in [0.25, 0.3) is 0 Å². The molecule has 1 fully saturated rings. The number of nitriles is 2. The lowest BCUT2D eigenvalue weighted by Crippen LogP contribution is -2.37. The molecule has 2 N–H and O–H groups in total. The van der Waals surface area contributed by atoms with Gasteiger partial charge >= 0.3 is 0 Å². The first-order valence-corrected chi connectivity index (χ1v) is 14.9. The molecule has 0 aliphatic heterocycles. The fourth-order valence-corrected chi connectivity index (χ4v) is 5.90. The number of pyridine rings is 1. The van der Waals surface area contributed by atoms with Crippen molar-refractivity contribution < 1.29 is 4.39 Å². The lowest BCUT2D eigenvalue weighted by molar-refractivity contribution is 0.610. The summed E-state index contributed by atoms with van der Waals surface area (Å²) in [5, 5.41) is 36.3. The minimum absolute atomic E-state index is 0.198. The molecule has 3 aromatic carbocycles. The predicted molar refractivity (Wildman–Crippen MR) is 169 cm³/mol. The molecule has 1 unspecified atom stereocenters. The van der Waals surface area contributed by atoms with Crippen LogP contribution in [0.3, 0.4) is 0 Å². The molecule has 11 heteroatoms. The van der Waals surface area contributed by atoms with Crippen molar-refractivity contribution >= 4 is 46.1 Å². The third-order valence-corrected chi connectivity index (χ3v) is 8.47. The predicted octanol–water partition coefficient (Wildman–Crippen LogP) is 6.34. The van der Waals surface area contributed by atoms with Crippen molar-refractivity contribution in [3.63, 3.8) is 0 Å². The Labute approximate surface area is 258 Å². The smallest absolute Gasteiger partial charge is 0.148 e. The van der Waals surface area contributed by atoms with Crippen LogP contribution in [0, 0.1) is 28.5 Å². The zero-order valence-electron chi connectivity index (χ0n) is 23.4. The van der Waals surface area contributed by atoms with Crippen LogP contribution < -0.4 is 10.6 Å². The van der Waals surface area contributed by atoms with Crippen LogP contribution in [0.5, 0.6) is 0 Å². The molecule has 2 aromatic heterocycles. The average Bonchev–Trinajstić information content (AvgIpc) is 3.75. The number of nitrogens with zero attached hydrogens (tertiary/aromatic N) is 6. The van der Waals surface area contributed by atoms with Crippen molar-refractivity contribution in [2.45, 2.75) is 43.2 Å². The van der Waals surface area contributed by atoms with Crippen molar-refractivity contribution in [2.75, 3.05) is 10.6 Å². The van der Waals surface area contributed by atoms with Gasteiger partial charge in [0.1, 0.15) is 25.4 Å². The molecule has 1 aliphatic carbocycles. The zero-order valence-corrected chi connectivity index (χ0v) is 25.0. The van der Waals surface area contributed by atoms with Gasteiger partial charge in [-0.25, -0.2) is 9.07 Å². The van der Waals surface area contributed by atoms with Gasteiger partial charge < -0.3 is 10.6 Å². The van der Waals surface area contributed by atoms with E-state index in [0.29, 0.717) is 41.3 Å². The molecule has 5 aromatic rings. The van der Waals surface area contributed by atoms with Crippen molar-refractivity contribution in [1.29, 1.82) is 10.5 Å². The fraction of sp³-hybridized carbons (Fsp3) is 0.219. The van der Waals surface area contributed by atoms with Gasteiger partial charge in [-0.05, 0) is 70.6 Å². The Bertz CT molecular complexity index is 1860. The second-order valence-corrected chi connectivity index (χ2v) is 11.7. The zero-order chi connectivity index (χ0) is 30.0.